The monoisotopic (exact) mass is 509 g/mol. The molecule has 0 aliphatic rings. The molecular formula is C25H23N3O5S2. The van der Waals surface area contributed by atoms with Crippen LogP contribution in [-0.4, -0.2) is 33.5 Å². The zero-order valence-electron chi connectivity index (χ0n) is 19.2. The van der Waals surface area contributed by atoms with Crippen molar-refractivity contribution in [3.05, 3.63) is 83.2 Å². The summed E-state index contributed by atoms with van der Waals surface area (Å²) in [6.07, 6.45) is 0. The summed E-state index contributed by atoms with van der Waals surface area (Å²) in [7, 11) is -0.639. The van der Waals surface area contributed by atoms with Crippen molar-refractivity contribution in [3.63, 3.8) is 0 Å². The van der Waals surface area contributed by atoms with Crippen LogP contribution in [-0.2, 0) is 10.0 Å². The summed E-state index contributed by atoms with van der Waals surface area (Å²) < 4.78 is 38.6. The Balaban J connectivity index is 1.51. The van der Waals surface area contributed by atoms with E-state index in [-0.39, 0.29) is 16.1 Å². The maximum atomic E-state index is 12.8. The largest absolute Gasteiger partial charge is 0.497 e. The average Bonchev–Trinajstić information content (AvgIpc) is 3.32. The number of nitrogens with one attached hydrogen (secondary N) is 2. The van der Waals surface area contributed by atoms with Gasteiger partial charge in [0.2, 0.25) is 0 Å². The standard InChI is InChI=1S/C25H23N3O5S2/c1-16-7-10-20(11-8-16)35(30,31)28-18-6-4-5-17(13-18)24(29)27-25-26-22(15-34-25)21-14-19(32-2)9-12-23(21)33-3/h4-15,28H,1-3H3,(H,26,27,29). The van der Waals surface area contributed by atoms with E-state index in [4.69, 9.17) is 9.47 Å². The van der Waals surface area contributed by atoms with E-state index in [1.54, 1.807) is 62.1 Å². The van der Waals surface area contributed by atoms with Crippen LogP contribution in [0.5, 0.6) is 11.5 Å². The minimum absolute atomic E-state index is 0.140. The minimum atomic E-state index is -3.79. The van der Waals surface area contributed by atoms with Gasteiger partial charge in [-0.05, 0) is 55.5 Å². The number of nitrogens with zero attached hydrogens (tertiary/aromatic N) is 1. The second-order valence-electron chi connectivity index (χ2n) is 7.56. The summed E-state index contributed by atoms with van der Waals surface area (Å²) in [5.41, 5.74) is 2.87. The van der Waals surface area contributed by atoms with Gasteiger partial charge < -0.3 is 9.47 Å². The maximum Gasteiger partial charge on any atom is 0.261 e. The number of carbonyl (C=O) groups excluding carboxylic acids is 1. The zero-order valence-corrected chi connectivity index (χ0v) is 20.9. The van der Waals surface area contributed by atoms with Crippen LogP contribution < -0.4 is 19.5 Å². The number of anilines is 2. The van der Waals surface area contributed by atoms with Gasteiger partial charge in [0.05, 0.1) is 24.8 Å². The Morgan fingerprint density at radius 3 is 2.46 bits per heavy atom. The normalized spacial score (nSPS) is 11.1. The Kier molecular flexibility index (Phi) is 7.04. The summed E-state index contributed by atoms with van der Waals surface area (Å²) in [4.78, 5) is 17.5. The summed E-state index contributed by atoms with van der Waals surface area (Å²) in [5, 5.41) is 4.96. The molecule has 35 heavy (non-hydrogen) atoms. The number of hydrogen-bond donors (Lipinski definition) is 2. The molecule has 1 heterocycles. The highest BCUT2D eigenvalue weighted by atomic mass is 32.2. The number of carbonyl (C=O) groups is 1. The Hall–Kier alpha value is -3.89. The summed E-state index contributed by atoms with van der Waals surface area (Å²) in [6.45, 7) is 1.88. The van der Waals surface area contributed by atoms with Crippen molar-refractivity contribution < 1.29 is 22.7 Å². The van der Waals surface area contributed by atoms with Crippen molar-refractivity contribution in [2.45, 2.75) is 11.8 Å². The molecule has 0 unspecified atom stereocenters. The molecule has 4 aromatic rings. The first kappa shape index (κ1) is 24.2. The van der Waals surface area contributed by atoms with Crippen LogP contribution in [0.15, 0.2) is 77.0 Å². The number of aromatic nitrogens is 1. The number of thiazole rings is 1. The highest BCUT2D eigenvalue weighted by molar-refractivity contribution is 7.92. The van der Waals surface area contributed by atoms with E-state index in [1.165, 1.54) is 29.5 Å². The fraction of sp³-hybridized carbons (Fsp3) is 0.120. The number of aryl methyl sites for hydroxylation is 1. The molecule has 10 heteroatoms. The maximum absolute atomic E-state index is 12.8. The van der Waals surface area contributed by atoms with Gasteiger partial charge in [-0.3, -0.25) is 14.8 Å². The third-order valence-corrected chi connectivity index (χ3v) is 7.27. The molecule has 0 aliphatic heterocycles. The van der Waals surface area contributed by atoms with E-state index >= 15 is 0 Å². The van der Waals surface area contributed by atoms with Crippen LogP contribution in [0.2, 0.25) is 0 Å². The number of sulfonamides is 1. The highest BCUT2D eigenvalue weighted by Gasteiger charge is 2.17. The van der Waals surface area contributed by atoms with Gasteiger partial charge in [0.25, 0.3) is 15.9 Å². The van der Waals surface area contributed by atoms with Crippen molar-refractivity contribution >= 4 is 38.1 Å². The molecular weight excluding hydrogens is 486 g/mol. The van der Waals surface area contributed by atoms with Gasteiger partial charge in [-0.25, -0.2) is 13.4 Å². The SMILES string of the molecule is COc1ccc(OC)c(-c2csc(NC(=O)c3cccc(NS(=O)(=O)c4ccc(C)cc4)c3)n2)c1. The van der Waals surface area contributed by atoms with Crippen LogP contribution in [0.1, 0.15) is 15.9 Å². The number of methoxy groups -OCH3 is 2. The Morgan fingerprint density at radius 1 is 0.971 bits per heavy atom. The molecule has 0 radical (unpaired) electrons. The van der Waals surface area contributed by atoms with Crippen molar-refractivity contribution in [3.8, 4) is 22.8 Å². The lowest BCUT2D eigenvalue weighted by molar-refractivity contribution is 0.102. The zero-order chi connectivity index (χ0) is 25.0. The van der Waals surface area contributed by atoms with Gasteiger partial charge in [0.15, 0.2) is 5.13 Å². The lowest BCUT2D eigenvalue weighted by Gasteiger charge is -2.10. The molecule has 0 atom stereocenters. The highest BCUT2D eigenvalue weighted by Crippen LogP contribution is 2.35. The molecule has 0 saturated carbocycles. The fourth-order valence-electron chi connectivity index (χ4n) is 3.29. The molecule has 1 amide bonds. The van der Waals surface area contributed by atoms with Crippen molar-refractivity contribution in [2.24, 2.45) is 0 Å². The molecule has 1 aromatic heterocycles. The van der Waals surface area contributed by atoms with E-state index in [0.29, 0.717) is 22.3 Å². The van der Waals surface area contributed by atoms with E-state index in [2.05, 4.69) is 15.0 Å². The number of rotatable bonds is 8. The molecule has 4 rings (SSSR count). The van der Waals surface area contributed by atoms with Gasteiger partial charge in [-0.2, -0.15) is 0 Å². The first-order valence-corrected chi connectivity index (χ1v) is 12.8. The van der Waals surface area contributed by atoms with Crippen molar-refractivity contribution in [1.82, 2.24) is 4.98 Å². The molecule has 0 bridgehead atoms. The van der Waals surface area contributed by atoms with Crippen LogP contribution in [0, 0.1) is 6.92 Å². The third-order valence-electron chi connectivity index (χ3n) is 5.12. The number of benzene rings is 3. The van der Waals surface area contributed by atoms with Crippen molar-refractivity contribution in [1.29, 1.82) is 0 Å². The predicted molar refractivity (Wildman–Crippen MR) is 137 cm³/mol. The van der Waals surface area contributed by atoms with Gasteiger partial charge in [-0.15, -0.1) is 11.3 Å². The summed E-state index contributed by atoms with van der Waals surface area (Å²) >= 11 is 1.26. The van der Waals surface area contributed by atoms with Gasteiger partial charge in [0.1, 0.15) is 11.5 Å². The first-order valence-electron chi connectivity index (χ1n) is 10.5. The number of ether oxygens (including phenoxy) is 2. The van der Waals surface area contributed by atoms with Crippen LogP contribution in [0.25, 0.3) is 11.3 Å². The predicted octanol–water partition coefficient (Wildman–Crippen LogP) is 5.19. The third kappa shape index (κ3) is 5.61. The summed E-state index contributed by atoms with van der Waals surface area (Å²) in [6, 6.07) is 18.2. The van der Waals surface area contributed by atoms with Gasteiger partial charge >= 0.3 is 0 Å². The lowest BCUT2D eigenvalue weighted by Crippen LogP contribution is -2.15. The second kappa shape index (κ2) is 10.2. The van der Waals surface area contributed by atoms with Crippen LogP contribution in [0.4, 0.5) is 10.8 Å². The molecule has 180 valence electrons. The van der Waals surface area contributed by atoms with E-state index in [0.717, 1.165) is 11.1 Å². The Morgan fingerprint density at radius 2 is 1.74 bits per heavy atom. The lowest BCUT2D eigenvalue weighted by atomic mass is 10.1. The van der Waals surface area contributed by atoms with Gasteiger partial charge in [0, 0.05) is 22.2 Å². The molecule has 2 N–H and O–H groups in total. The van der Waals surface area contributed by atoms with Crippen LogP contribution in [0.3, 0.4) is 0 Å². The number of hydrogen-bond acceptors (Lipinski definition) is 7. The Labute approximate surface area is 207 Å². The smallest absolute Gasteiger partial charge is 0.261 e. The quantitative estimate of drug-likeness (QED) is 0.339. The molecule has 0 fully saturated rings. The summed E-state index contributed by atoms with van der Waals surface area (Å²) in [5.74, 6) is 0.867. The first-order chi connectivity index (χ1) is 16.8. The minimum Gasteiger partial charge on any atom is -0.497 e. The number of amides is 1. The van der Waals surface area contributed by atoms with E-state index in [9.17, 15) is 13.2 Å². The van der Waals surface area contributed by atoms with E-state index in [1.807, 2.05) is 13.0 Å². The van der Waals surface area contributed by atoms with Crippen molar-refractivity contribution in [2.75, 3.05) is 24.3 Å². The Bertz CT molecular complexity index is 1460. The molecule has 8 nitrogen and oxygen atoms in total. The van der Waals surface area contributed by atoms with E-state index < -0.39 is 15.9 Å². The topological polar surface area (TPSA) is 107 Å². The fourth-order valence-corrected chi connectivity index (χ4v) is 5.05. The molecule has 3 aromatic carbocycles. The molecule has 0 spiro atoms. The molecule has 0 aliphatic carbocycles. The van der Waals surface area contributed by atoms with Gasteiger partial charge in [-0.1, -0.05) is 23.8 Å². The second-order valence-corrected chi connectivity index (χ2v) is 10.1. The molecule has 0 saturated heterocycles. The average molecular weight is 510 g/mol. The van der Waals surface area contributed by atoms with Crippen LogP contribution >= 0.6 is 11.3 Å².